The lowest BCUT2D eigenvalue weighted by atomic mass is 10.2. The SMILES string of the molecule is CCO[Si](CCCn1cc(CN(Cc2ccccn2)Cc2ccccn2)nn1)(OCC)OCC. The predicted octanol–water partition coefficient (Wildman–Crippen LogP) is 3.71. The summed E-state index contributed by atoms with van der Waals surface area (Å²) in [5.41, 5.74) is 2.93. The van der Waals surface area contributed by atoms with Gasteiger partial charge in [0.25, 0.3) is 0 Å². The number of pyridine rings is 2. The fourth-order valence-corrected chi connectivity index (χ4v) is 6.41. The van der Waals surface area contributed by atoms with Gasteiger partial charge in [-0.25, -0.2) is 0 Å². The average Bonchev–Trinajstić information content (AvgIpc) is 3.28. The van der Waals surface area contributed by atoms with E-state index in [4.69, 9.17) is 13.3 Å². The minimum Gasteiger partial charge on any atom is -0.374 e. The highest BCUT2D eigenvalue weighted by molar-refractivity contribution is 6.60. The van der Waals surface area contributed by atoms with Crippen molar-refractivity contribution in [2.75, 3.05) is 19.8 Å². The van der Waals surface area contributed by atoms with Crippen molar-refractivity contribution in [2.45, 2.75) is 59.4 Å². The van der Waals surface area contributed by atoms with Crippen molar-refractivity contribution in [3.63, 3.8) is 0 Å². The molecule has 9 nitrogen and oxygen atoms in total. The van der Waals surface area contributed by atoms with Gasteiger partial charge in [-0.05, 0) is 51.5 Å². The van der Waals surface area contributed by atoms with Gasteiger partial charge in [0, 0.05) is 70.6 Å². The summed E-state index contributed by atoms with van der Waals surface area (Å²) < 4.78 is 19.7. The second-order valence-corrected chi connectivity index (χ2v) is 10.6. The third-order valence-electron chi connectivity index (χ3n) is 5.16. The molecule has 3 aromatic rings. The first-order chi connectivity index (χ1) is 16.7. The van der Waals surface area contributed by atoms with Crippen LogP contribution in [0, 0.1) is 0 Å². The summed E-state index contributed by atoms with van der Waals surface area (Å²) in [7, 11) is -2.64. The first kappa shape index (κ1) is 26.1. The van der Waals surface area contributed by atoms with Crippen molar-refractivity contribution in [1.29, 1.82) is 0 Å². The van der Waals surface area contributed by atoms with Gasteiger partial charge in [0.1, 0.15) is 0 Å². The molecule has 10 heteroatoms. The van der Waals surface area contributed by atoms with Crippen LogP contribution >= 0.6 is 0 Å². The van der Waals surface area contributed by atoms with Crippen molar-refractivity contribution in [3.8, 4) is 0 Å². The number of hydrogen-bond acceptors (Lipinski definition) is 8. The fraction of sp³-hybridized carbons (Fsp3) is 0.500. The van der Waals surface area contributed by atoms with E-state index >= 15 is 0 Å². The third-order valence-corrected chi connectivity index (χ3v) is 8.31. The lowest BCUT2D eigenvalue weighted by Crippen LogP contribution is -2.46. The van der Waals surface area contributed by atoms with E-state index in [-0.39, 0.29) is 0 Å². The Kier molecular flexibility index (Phi) is 10.8. The fourth-order valence-electron chi connectivity index (χ4n) is 3.82. The smallest absolute Gasteiger partial charge is 0.374 e. The normalized spacial score (nSPS) is 11.9. The second-order valence-electron chi connectivity index (χ2n) is 7.85. The van der Waals surface area contributed by atoms with Gasteiger partial charge < -0.3 is 13.3 Å². The standard InChI is InChI=1S/C24H36N6O3Si/c1-4-31-34(32-5-2,33-6-3)17-11-16-30-21-24(27-28-30)20-29(18-22-12-7-9-14-25-22)19-23-13-8-10-15-26-23/h7-10,12-15,21H,4-6,11,16-20H2,1-3H3. The maximum atomic E-state index is 5.95. The molecule has 3 aromatic heterocycles. The molecule has 0 amide bonds. The van der Waals surface area contributed by atoms with Crippen LogP contribution in [0.15, 0.2) is 55.0 Å². The third kappa shape index (κ3) is 8.37. The Balaban J connectivity index is 1.60. The van der Waals surface area contributed by atoms with Crippen molar-refractivity contribution < 1.29 is 13.3 Å². The molecule has 3 rings (SSSR count). The average molecular weight is 485 g/mol. The Morgan fingerprint density at radius 3 is 1.85 bits per heavy atom. The van der Waals surface area contributed by atoms with E-state index in [1.807, 2.05) is 80.4 Å². The molecule has 0 saturated carbocycles. The molecule has 3 heterocycles. The molecular weight excluding hydrogens is 448 g/mol. The summed E-state index contributed by atoms with van der Waals surface area (Å²) in [5, 5.41) is 8.75. The van der Waals surface area contributed by atoms with Crippen LogP contribution in [0.5, 0.6) is 0 Å². The largest absolute Gasteiger partial charge is 0.500 e. The summed E-state index contributed by atoms with van der Waals surface area (Å²) in [6, 6.07) is 12.7. The molecule has 0 bridgehead atoms. The molecule has 0 radical (unpaired) electrons. The minimum absolute atomic E-state index is 0.585. The number of aryl methyl sites for hydroxylation is 1. The minimum atomic E-state index is -2.64. The molecule has 0 aliphatic heterocycles. The molecular formula is C24H36N6O3Si. The van der Waals surface area contributed by atoms with E-state index in [0.717, 1.165) is 36.1 Å². The maximum absolute atomic E-state index is 5.95. The molecule has 34 heavy (non-hydrogen) atoms. The molecule has 0 saturated heterocycles. The van der Waals surface area contributed by atoms with Gasteiger partial charge in [0.2, 0.25) is 0 Å². The van der Waals surface area contributed by atoms with Gasteiger partial charge in [-0.3, -0.25) is 19.5 Å². The number of aromatic nitrogens is 5. The van der Waals surface area contributed by atoms with Gasteiger partial charge in [0.15, 0.2) is 0 Å². The highest BCUT2D eigenvalue weighted by Gasteiger charge is 2.39. The maximum Gasteiger partial charge on any atom is 0.500 e. The summed E-state index contributed by atoms with van der Waals surface area (Å²) in [4.78, 5) is 11.2. The predicted molar refractivity (Wildman–Crippen MR) is 132 cm³/mol. The molecule has 184 valence electrons. The van der Waals surface area contributed by atoms with Crippen molar-refractivity contribution in [1.82, 2.24) is 29.9 Å². The van der Waals surface area contributed by atoms with Gasteiger partial charge in [-0.1, -0.05) is 17.3 Å². The van der Waals surface area contributed by atoms with Crippen molar-refractivity contribution >= 4 is 8.80 Å². The van der Waals surface area contributed by atoms with Crippen molar-refractivity contribution in [2.24, 2.45) is 0 Å². The Hall–Kier alpha value is -2.50. The zero-order valence-corrected chi connectivity index (χ0v) is 21.5. The molecule has 0 atom stereocenters. The Morgan fingerprint density at radius 1 is 0.794 bits per heavy atom. The van der Waals surface area contributed by atoms with Crippen LogP contribution in [-0.2, 0) is 39.5 Å². The van der Waals surface area contributed by atoms with Crippen LogP contribution in [0.4, 0.5) is 0 Å². The van der Waals surface area contributed by atoms with E-state index in [1.54, 1.807) is 0 Å². The van der Waals surface area contributed by atoms with E-state index in [2.05, 4.69) is 25.2 Å². The van der Waals surface area contributed by atoms with Crippen LogP contribution in [0.25, 0.3) is 0 Å². The first-order valence-corrected chi connectivity index (χ1v) is 13.9. The van der Waals surface area contributed by atoms with Crippen LogP contribution in [-0.4, -0.2) is 58.5 Å². The van der Waals surface area contributed by atoms with Gasteiger partial charge in [-0.15, -0.1) is 5.10 Å². The highest BCUT2D eigenvalue weighted by atomic mass is 28.4. The highest BCUT2D eigenvalue weighted by Crippen LogP contribution is 2.19. The topological polar surface area (TPSA) is 87.4 Å². The van der Waals surface area contributed by atoms with Crippen LogP contribution in [0.3, 0.4) is 0 Å². The van der Waals surface area contributed by atoms with E-state index < -0.39 is 8.80 Å². The number of nitrogens with zero attached hydrogens (tertiary/aromatic N) is 6. The van der Waals surface area contributed by atoms with E-state index in [1.165, 1.54) is 0 Å². The molecule has 0 N–H and O–H groups in total. The van der Waals surface area contributed by atoms with Crippen molar-refractivity contribution in [3.05, 3.63) is 72.1 Å². The van der Waals surface area contributed by atoms with Crippen LogP contribution < -0.4 is 0 Å². The van der Waals surface area contributed by atoms with E-state index in [0.29, 0.717) is 39.5 Å². The Bertz CT molecular complexity index is 886. The lowest BCUT2D eigenvalue weighted by Gasteiger charge is -2.28. The molecule has 0 spiro atoms. The van der Waals surface area contributed by atoms with Crippen LogP contribution in [0.1, 0.15) is 44.3 Å². The molecule has 0 unspecified atom stereocenters. The summed E-state index contributed by atoms with van der Waals surface area (Å²) in [6.07, 6.45) is 6.50. The quantitative estimate of drug-likeness (QED) is 0.284. The Labute approximate surface area is 203 Å². The molecule has 0 aromatic carbocycles. The van der Waals surface area contributed by atoms with Gasteiger partial charge in [0.05, 0.1) is 17.1 Å². The lowest BCUT2D eigenvalue weighted by molar-refractivity contribution is 0.0704. The zero-order valence-electron chi connectivity index (χ0n) is 20.5. The Morgan fingerprint density at radius 2 is 1.35 bits per heavy atom. The number of rotatable bonds is 16. The second kappa shape index (κ2) is 14.0. The summed E-state index contributed by atoms with van der Waals surface area (Å²) in [5.74, 6) is 0. The summed E-state index contributed by atoms with van der Waals surface area (Å²) in [6.45, 7) is 10.5. The first-order valence-electron chi connectivity index (χ1n) is 12.0. The molecule has 0 aliphatic rings. The molecule has 0 aliphatic carbocycles. The van der Waals surface area contributed by atoms with Gasteiger partial charge in [-0.2, -0.15) is 0 Å². The summed E-state index contributed by atoms with van der Waals surface area (Å²) >= 11 is 0. The van der Waals surface area contributed by atoms with Gasteiger partial charge >= 0.3 is 8.80 Å². The zero-order chi connectivity index (χ0) is 24.1. The van der Waals surface area contributed by atoms with Crippen LogP contribution in [0.2, 0.25) is 6.04 Å². The monoisotopic (exact) mass is 484 g/mol. The van der Waals surface area contributed by atoms with E-state index in [9.17, 15) is 0 Å². The number of hydrogen-bond donors (Lipinski definition) is 0. The molecule has 0 fully saturated rings.